The van der Waals surface area contributed by atoms with Gasteiger partial charge in [0.2, 0.25) is 5.91 Å². The normalized spacial score (nSPS) is 14.5. The van der Waals surface area contributed by atoms with Gasteiger partial charge in [-0.3, -0.25) is 4.79 Å². The maximum absolute atomic E-state index is 13.0. The highest BCUT2D eigenvalue weighted by Crippen LogP contribution is 2.31. The molecule has 162 valence electrons. The molecule has 1 amide bonds. The highest BCUT2D eigenvalue weighted by atomic mass is 32.2. The van der Waals surface area contributed by atoms with E-state index in [2.05, 4.69) is 5.32 Å². The second-order valence-corrected chi connectivity index (χ2v) is 11.4. The number of hydrogen-bond donors (Lipinski definition) is 1. The van der Waals surface area contributed by atoms with Gasteiger partial charge in [0.1, 0.15) is 10.8 Å². The van der Waals surface area contributed by atoms with Crippen molar-refractivity contribution < 1.29 is 26.4 Å². The van der Waals surface area contributed by atoms with Crippen LogP contribution in [0.1, 0.15) is 46.4 Å². The van der Waals surface area contributed by atoms with Crippen molar-refractivity contribution in [2.24, 2.45) is 11.3 Å². The highest BCUT2D eigenvalue weighted by Gasteiger charge is 2.40. The zero-order valence-corrected chi connectivity index (χ0v) is 18.7. The number of rotatable bonds is 8. The van der Waals surface area contributed by atoms with Gasteiger partial charge in [0, 0.05) is 22.9 Å². The molecule has 5 nitrogen and oxygen atoms in total. The molecule has 0 aliphatic rings. The molecule has 1 atom stereocenters. The maximum atomic E-state index is 13.0. The summed E-state index contributed by atoms with van der Waals surface area (Å²) in [5, 5.41) is 2.77. The van der Waals surface area contributed by atoms with Crippen LogP contribution >= 0.6 is 11.3 Å². The SMILES string of the molecule is CC(C)[C@H](C)N(CC(F)(F)F)S(=O)(=O)c1ccc(CCNC(=O)C(C)(C)C)s1. The largest absolute Gasteiger partial charge is 0.402 e. The minimum absolute atomic E-state index is 0.124. The first-order valence-corrected chi connectivity index (χ1v) is 11.3. The van der Waals surface area contributed by atoms with E-state index in [1.165, 1.54) is 13.0 Å². The summed E-state index contributed by atoms with van der Waals surface area (Å²) in [7, 11) is -4.28. The maximum Gasteiger partial charge on any atom is 0.402 e. The lowest BCUT2D eigenvalue weighted by Gasteiger charge is -2.31. The molecule has 0 aliphatic heterocycles. The molecule has 0 spiro atoms. The topological polar surface area (TPSA) is 66.5 Å². The van der Waals surface area contributed by atoms with Crippen LogP contribution < -0.4 is 5.32 Å². The molecule has 0 aliphatic carbocycles. The first kappa shape index (κ1) is 24.9. The number of carbonyl (C=O) groups excluding carboxylic acids is 1. The molecule has 0 fully saturated rings. The molecule has 0 radical (unpaired) electrons. The number of alkyl halides is 3. The fourth-order valence-electron chi connectivity index (χ4n) is 2.27. The third kappa shape index (κ3) is 7.04. The Balaban J connectivity index is 2.96. The highest BCUT2D eigenvalue weighted by molar-refractivity contribution is 7.91. The molecule has 0 saturated heterocycles. The zero-order chi connectivity index (χ0) is 21.9. The third-order valence-electron chi connectivity index (χ3n) is 4.29. The van der Waals surface area contributed by atoms with Crippen molar-refractivity contribution in [2.45, 2.75) is 64.4 Å². The number of thiophene rings is 1. The Morgan fingerprint density at radius 2 is 1.75 bits per heavy atom. The lowest BCUT2D eigenvalue weighted by atomic mass is 9.96. The first-order chi connectivity index (χ1) is 12.6. The minimum atomic E-state index is -4.63. The standard InChI is InChI=1S/C18H29F3N2O3S2/c1-12(2)13(3)23(11-18(19,20)21)28(25,26)15-8-7-14(27-15)9-10-22-16(24)17(4,5)6/h7-8,12-13H,9-11H2,1-6H3,(H,22,24)/t13-/m0/s1. The van der Waals surface area contributed by atoms with Gasteiger partial charge in [-0.15, -0.1) is 11.3 Å². The summed E-state index contributed by atoms with van der Waals surface area (Å²) in [6.45, 7) is 8.98. The van der Waals surface area contributed by atoms with Gasteiger partial charge in [-0.1, -0.05) is 34.6 Å². The number of carbonyl (C=O) groups is 1. The minimum Gasteiger partial charge on any atom is -0.355 e. The predicted octanol–water partition coefficient (Wildman–Crippen LogP) is 4.05. The lowest BCUT2D eigenvalue weighted by Crippen LogP contribution is -2.46. The first-order valence-electron chi connectivity index (χ1n) is 9.01. The van der Waals surface area contributed by atoms with Crippen LogP contribution in [0.25, 0.3) is 0 Å². The Hall–Kier alpha value is -1.13. The average molecular weight is 443 g/mol. The van der Waals surface area contributed by atoms with Crippen LogP contribution in [0.5, 0.6) is 0 Å². The van der Waals surface area contributed by atoms with Crippen LogP contribution in [0.4, 0.5) is 13.2 Å². The van der Waals surface area contributed by atoms with E-state index in [4.69, 9.17) is 0 Å². The average Bonchev–Trinajstić information content (AvgIpc) is 2.99. The fourth-order valence-corrected chi connectivity index (χ4v) is 5.50. The van der Waals surface area contributed by atoms with Crippen LogP contribution in [-0.4, -0.2) is 43.9 Å². The van der Waals surface area contributed by atoms with Crippen molar-refractivity contribution in [1.82, 2.24) is 9.62 Å². The molecule has 1 N–H and O–H groups in total. The van der Waals surface area contributed by atoms with Gasteiger partial charge < -0.3 is 5.32 Å². The van der Waals surface area contributed by atoms with Gasteiger partial charge in [0.05, 0.1) is 0 Å². The van der Waals surface area contributed by atoms with Gasteiger partial charge in [-0.25, -0.2) is 8.42 Å². The van der Waals surface area contributed by atoms with E-state index in [9.17, 15) is 26.4 Å². The van der Waals surface area contributed by atoms with Crippen LogP contribution in [0.3, 0.4) is 0 Å². The van der Waals surface area contributed by atoms with Crippen molar-refractivity contribution in [3.63, 3.8) is 0 Å². The van der Waals surface area contributed by atoms with E-state index in [-0.39, 0.29) is 16.0 Å². The molecule has 0 saturated carbocycles. The van der Waals surface area contributed by atoms with Crippen LogP contribution in [0.15, 0.2) is 16.3 Å². The summed E-state index contributed by atoms with van der Waals surface area (Å²) in [6.07, 6.45) is -4.23. The van der Waals surface area contributed by atoms with Crippen LogP contribution in [0, 0.1) is 11.3 Å². The second kappa shape index (κ2) is 9.13. The van der Waals surface area contributed by atoms with Gasteiger partial charge >= 0.3 is 6.18 Å². The van der Waals surface area contributed by atoms with Gasteiger partial charge in [-0.2, -0.15) is 17.5 Å². The van der Waals surface area contributed by atoms with Crippen molar-refractivity contribution >= 4 is 27.3 Å². The number of sulfonamides is 1. The Morgan fingerprint density at radius 1 is 1.18 bits per heavy atom. The Kier molecular flexibility index (Phi) is 8.12. The lowest BCUT2D eigenvalue weighted by molar-refractivity contribution is -0.140. The van der Waals surface area contributed by atoms with E-state index in [0.29, 0.717) is 22.1 Å². The molecular weight excluding hydrogens is 413 g/mol. The molecule has 10 heteroatoms. The molecule has 0 bridgehead atoms. The zero-order valence-electron chi connectivity index (χ0n) is 17.1. The summed E-state index contributed by atoms with van der Waals surface area (Å²) in [6, 6.07) is 2.10. The predicted molar refractivity (Wildman–Crippen MR) is 105 cm³/mol. The number of halogens is 3. The summed E-state index contributed by atoms with van der Waals surface area (Å²) in [4.78, 5) is 12.5. The molecule has 1 aromatic heterocycles. The number of amides is 1. The van der Waals surface area contributed by atoms with Gasteiger partial charge in [-0.05, 0) is 31.4 Å². The molecule has 28 heavy (non-hydrogen) atoms. The molecule has 0 unspecified atom stereocenters. The number of nitrogens with zero attached hydrogens (tertiary/aromatic N) is 1. The van der Waals surface area contributed by atoms with E-state index < -0.39 is 34.2 Å². The summed E-state index contributed by atoms with van der Waals surface area (Å²) < 4.78 is 65.0. The number of hydrogen-bond acceptors (Lipinski definition) is 4. The third-order valence-corrected chi connectivity index (χ3v) is 7.84. The van der Waals surface area contributed by atoms with E-state index in [1.807, 2.05) is 0 Å². The van der Waals surface area contributed by atoms with Crippen LogP contribution in [-0.2, 0) is 21.2 Å². The van der Waals surface area contributed by atoms with Gasteiger partial charge in [0.25, 0.3) is 10.0 Å². The van der Waals surface area contributed by atoms with E-state index in [0.717, 1.165) is 11.3 Å². The fraction of sp³-hybridized carbons (Fsp3) is 0.722. The Bertz CT molecular complexity index is 766. The second-order valence-electron chi connectivity index (χ2n) is 8.13. The summed E-state index contributed by atoms with van der Waals surface area (Å²) >= 11 is 0.934. The molecule has 1 aromatic rings. The number of nitrogens with one attached hydrogen (secondary N) is 1. The summed E-state index contributed by atoms with van der Waals surface area (Å²) in [5.74, 6) is -0.400. The molecular formula is C18H29F3N2O3S2. The van der Waals surface area contributed by atoms with Crippen LogP contribution in [0.2, 0.25) is 0 Å². The van der Waals surface area contributed by atoms with Crippen molar-refractivity contribution in [1.29, 1.82) is 0 Å². The van der Waals surface area contributed by atoms with E-state index >= 15 is 0 Å². The molecule has 1 rings (SSSR count). The van der Waals surface area contributed by atoms with Crippen molar-refractivity contribution in [2.75, 3.05) is 13.1 Å². The molecule has 1 heterocycles. The van der Waals surface area contributed by atoms with Gasteiger partial charge in [0.15, 0.2) is 0 Å². The monoisotopic (exact) mass is 442 g/mol. The smallest absolute Gasteiger partial charge is 0.355 e. The van der Waals surface area contributed by atoms with Crippen molar-refractivity contribution in [3.8, 4) is 0 Å². The van der Waals surface area contributed by atoms with Crippen molar-refractivity contribution in [3.05, 3.63) is 17.0 Å². The summed E-state index contributed by atoms with van der Waals surface area (Å²) in [5.41, 5.74) is -0.533. The quantitative estimate of drug-likeness (QED) is 0.661. The molecule has 0 aromatic carbocycles. The van der Waals surface area contributed by atoms with E-state index in [1.54, 1.807) is 40.7 Å². The Labute approximate surface area is 169 Å². The Morgan fingerprint density at radius 3 is 2.21 bits per heavy atom.